The Kier molecular flexibility index (Phi) is 2.78. The van der Waals surface area contributed by atoms with Crippen LogP contribution in [0.25, 0.3) is 0 Å². The lowest BCUT2D eigenvalue weighted by Crippen LogP contribution is -2.37. The third-order valence-electron chi connectivity index (χ3n) is 2.41. The number of aromatic amines is 1. The molecule has 3 N–H and O–H groups in total. The van der Waals surface area contributed by atoms with E-state index in [1.165, 1.54) is 0 Å². The van der Waals surface area contributed by atoms with E-state index in [-0.39, 0.29) is 11.8 Å². The number of carbonyl (C=O) groups excluding carboxylic acids is 1. The van der Waals surface area contributed by atoms with Crippen LogP contribution in [0, 0.1) is 5.92 Å². The van der Waals surface area contributed by atoms with Gasteiger partial charge in [0.25, 0.3) is 0 Å². The predicted octanol–water partition coefficient (Wildman–Crippen LogP) is 0.348. The van der Waals surface area contributed by atoms with Crippen molar-refractivity contribution in [3.05, 3.63) is 12.4 Å². The van der Waals surface area contributed by atoms with Crippen LogP contribution in [0.4, 0.5) is 5.95 Å². The molecule has 0 radical (unpaired) electrons. The molecular weight excluding hydrogens is 180 g/mol. The Morgan fingerprint density at radius 1 is 1.64 bits per heavy atom. The van der Waals surface area contributed by atoms with Gasteiger partial charge in [-0.05, 0) is 19.4 Å². The maximum absolute atomic E-state index is 11.7. The zero-order chi connectivity index (χ0) is 9.80. The molecule has 2 heterocycles. The van der Waals surface area contributed by atoms with Crippen molar-refractivity contribution >= 4 is 11.9 Å². The number of hydrogen-bond donors (Lipinski definition) is 3. The second-order valence-corrected chi connectivity index (χ2v) is 3.47. The van der Waals surface area contributed by atoms with E-state index in [4.69, 9.17) is 0 Å². The van der Waals surface area contributed by atoms with Gasteiger partial charge in [0, 0.05) is 18.9 Å². The van der Waals surface area contributed by atoms with Crippen molar-refractivity contribution < 1.29 is 4.79 Å². The molecule has 14 heavy (non-hydrogen) atoms. The summed E-state index contributed by atoms with van der Waals surface area (Å²) < 4.78 is 0. The second-order valence-electron chi connectivity index (χ2n) is 3.47. The molecule has 0 aromatic carbocycles. The first-order chi connectivity index (χ1) is 6.86. The van der Waals surface area contributed by atoms with Gasteiger partial charge in [-0.15, -0.1) is 0 Å². The summed E-state index contributed by atoms with van der Waals surface area (Å²) in [6, 6.07) is 0. The molecule has 5 nitrogen and oxygen atoms in total. The fourth-order valence-electron chi connectivity index (χ4n) is 1.63. The van der Waals surface area contributed by atoms with Crippen molar-refractivity contribution in [1.29, 1.82) is 0 Å². The lowest BCUT2D eigenvalue weighted by Gasteiger charge is -2.21. The summed E-state index contributed by atoms with van der Waals surface area (Å²) in [5, 5.41) is 5.95. The minimum absolute atomic E-state index is 0.0483. The molecule has 0 unspecified atom stereocenters. The fraction of sp³-hybridized carbons (Fsp3) is 0.556. The van der Waals surface area contributed by atoms with Gasteiger partial charge in [-0.3, -0.25) is 10.1 Å². The van der Waals surface area contributed by atoms with Crippen LogP contribution in [0.3, 0.4) is 0 Å². The van der Waals surface area contributed by atoms with Crippen molar-refractivity contribution in [1.82, 2.24) is 15.3 Å². The van der Waals surface area contributed by atoms with E-state index >= 15 is 0 Å². The molecule has 1 aromatic heterocycles. The Morgan fingerprint density at radius 2 is 2.57 bits per heavy atom. The topological polar surface area (TPSA) is 69.8 Å². The Morgan fingerprint density at radius 3 is 3.21 bits per heavy atom. The van der Waals surface area contributed by atoms with Crippen molar-refractivity contribution in [2.24, 2.45) is 5.92 Å². The number of amides is 1. The number of H-pyrrole nitrogens is 1. The minimum atomic E-state index is 0.0483. The summed E-state index contributed by atoms with van der Waals surface area (Å²) in [5.41, 5.74) is 0. The van der Waals surface area contributed by atoms with Crippen molar-refractivity contribution in [3.8, 4) is 0 Å². The lowest BCUT2D eigenvalue weighted by molar-refractivity contribution is -0.120. The number of anilines is 1. The van der Waals surface area contributed by atoms with E-state index in [1.807, 2.05) is 0 Å². The van der Waals surface area contributed by atoms with E-state index in [0.29, 0.717) is 5.95 Å². The molecule has 76 valence electrons. The Bertz CT molecular complexity index is 290. The van der Waals surface area contributed by atoms with Crippen LogP contribution in [0.2, 0.25) is 0 Å². The van der Waals surface area contributed by atoms with E-state index in [1.54, 1.807) is 12.4 Å². The van der Waals surface area contributed by atoms with Crippen molar-refractivity contribution in [2.75, 3.05) is 18.4 Å². The zero-order valence-corrected chi connectivity index (χ0v) is 7.92. The molecule has 1 fully saturated rings. The summed E-state index contributed by atoms with van der Waals surface area (Å²) in [4.78, 5) is 18.4. The van der Waals surface area contributed by atoms with Gasteiger partial charge in [0.05, 0.1) is 5.92 Å². The maximum Gasteiger partial charge on any atom is 0.231 e. The largest absolute Gasteiger partial charge is 0.331 e. The molecule has 0 spiro atoms. The van der Waals surface area contributed by atoms with Crippen LogP contribution in [-0.4, -0.2) is 29.0 Å². The number of piperidine rings is 1. The summed E-state index contributed by atoms with van der Waals surface area (Å²) in [7, 11) is 0. The SMILES string of the molecule is O=C(Nc1ncc[nH]1)[C@H]1CCCNC1. The van der Waals surface area contributed by atoms with E-state index in [0.717, 1.165) is 25.9 Å². The molecular formula is C9H14N4O. The summed E-state index contributed by atoms with van der Waals surface area (Å²) >= 11 is 0. The third-order valence-corrected chi connectivity index (χ3v) is 2.41. The van der Waals surface area contributed by atoms with Gasteiger partial charge in [0.2, 0.25) is 11.9 Å². The van der Waals surface area contributed by atoms with Crippen LogP contribution in [0.5, 0.6) is 0 Å². The van der Waals surface area contributed by atoms with Crippen molar-refractivity contribution in [2.45, 2.75) is 12.8 Å². The first-order valence-electron chi connectivity index (χ1n) is 4.87. The van der Waals surface area contributed by atoms with E-state index < -0.39 is 0 Å². The average molecular weight is 194 g/mol. The standard InChI is InChI=1S/C9H14N4O/c14-8(7-2-1-3-10-6-7)13-9-11-4-5-12-9/h4-5,7,10H,1-3,6H2,(H2,11,12,13,14)/t7-/m0/s1. The summed E-state index contributed by atoms with van der Waals surface area (Å²) in [6.45, 7) is 1.79. The smallest absolute Gasteiger partial charge is 0.231 e. The van der Waals surface area contributed by atoms with Crippen molar-refractivity contribution in [3.63, 3.8) is 0 Å². The number of aromatic nitrogens is 2. The number of nitrogens with one attached hydrogen (secondary N) is 3. The Balaban J connectivity index is 1.88. The van der Waals surface area contributed by atoms with Crippen LogP contribution in [-0.2, 0) is 4.79 Å². The van der Waals surface area contributed by atoms with Gasteiger partial charge in [-0.2, -0.15) is 0 Å². The molecule has 5 heteroatoms. The van der Waals surface area contributed by atoms with Gasteiger partial charge < -0.3 is 10.3 Å². The first kappa shape index (κ1) is 9.21. The number of nitrogens with zero attached hydrogens (tertiary/aromatic N) is 1. The van der Waals surface area contributed by atoms with Gasteiger partial charge in [-0.25, -0.2) is 4.98 Å². The molecule has 1 saturated heterocycles. The molecule has 0 saturated carbocycles. The van der Waals surface area contributed by atoms with Gasteiger partial charge >= 0.3 is 0 Å². The quantitative estimate of drug-likeness (QED) is 0.636. The van der Waals surface area contributed by atoms with Crippen LogP contribution in [0.1, 0.15) is 12.8 Å². The number of hydrogen-bond acceptors (Lipinski definition) is 3. The van der Waals surface area contributed by atoms with Crippen LogP contribution in [0.15, 0.2) is 12.4 Å². The molecule has 2 rings (SSSR count). The zero-order valence-electron chi connectivity index (χ0n) is 7.92. The van der Waals surface area contributed by atoms with E-state index in [9.17, 15) is 4.79 Å². The van der Waals surface area contributed by atoms with Crippen LogP contribution >= 0.6 is 0 Å². The number of rotatable bonds is 2. The monoisotopic (exact) mass is 194 g/mol. The highest BCUT2D eigenvalue weighted by atomic mass is 16.2. The molecule has 1 amide bonds. The normalized spacial score (nSPS) is 21.9. The van der Waals surface area contributed by atoms with E-state index in [2.05, 4.69) is 20.6 Å². The first-order valence-corrected chi connectivity index (χ1v) is 4.87. The van der Waals surface area contributed by atoms with Gasteiger partial charge in [-0.1, -0.05) is 0 Å². The molecule has 1 aliphatic rings. The number of carbonyl (C=O) groups is 1. The van der Waals surface area contributed by atoms with Crippen LogP contribution < -0.4 is 10.6 Å². The van der Waals surface area contributed by atoms with Gasteiger partial charge in [0.1, 0.15) is 0 Å². The third kappa shape index (κ3) is 2.11. The Hall–Kier alpha value is -1.36. The summed E-state index contributed by atoms with van der Waals surface area (Å²) in [6.07, 6.45) is 5.33. The number of imidazole rings is 1. The molecule has 1 atom stereocenters. The highest BCUT2D eigenvalue weighted by Gasteiger charge is 2.21. The minimum Gasteiger partial charge on any atom is -0.331 e. The lowest BCUT2D eigenvalue weighted by atomic mass is 9.99. The molecule has 1 aromatic rings. The maximum atomic E-state index is 11.7. The molecule has 0 aliphatic carbocycles. The van der Waals surface area contributed by atoms with Gasteiger partial charge in [0.15, 0.2) is 0 Å². The highest BCUT2D eigenvalue weighted by Crippen LogP contribution is 2.11. The molecule has 0 bridgehead atoms. The second kappa shape index (κ2) is 4.23. The predicted molar refractivity (Wildman–Crippen MR) is 52.8 cm³/mol. The summed E-state index contributed by atoms with van der Waals surface area (Å²) in [5.74, 6) is 0.654. The average Bonchev–Trinajstić information content (AvgIpc) is 2.72. The Labute approximate surface area is 82.3 Å². The molecule has 1 aliphatic heterocycles. The highest BCUT2D eigenvalue weighted by molar-refractivity contribution is 5.91. The fourth-order valence-corrected chi connectivity index (χ4v) is 1.63.